The molecular formula is C15H30ClN3O. The maximum Gasteiger partial charge on any atom is 0.237 e. The zero-order valence-electron chi connectivity index (χ0n) is 12.8. The number of hydrogen-bond donors (Lipinski definition) is 2. The van der Waals surface area contributed by atoms with Crippen LogP contribution in [0.3, 0.4) is 0 Å². The van der Waals surface area contributed by atoms with Crippen molar-refractivity contribution in [1.82, 2.24) is 10.2 Å². The second-order valence-electron chi connectivity index (χ2n) is 6.53. The van der Waals surface area contributed by atoms with Gasteiger partial charge in [0.25, 0.3) is 0 Å². The lowest BCUT2D eigenvalue weighted by molar-refractivity contribution is -0.124. The van der Waals surface area contributed by atoms with E-state index in [0.717, 1.165) is 32.0 Å². The van der Waals surface area contributed by atoms with Crippen LogP contribution in [0.5, 0.6) is 0 Å². The summed E-state index contributed by atoms with van der Waals surface area (Å²) >= 11 is 0. The highest BCUT2D eigenvalue weighted by Crippen LogP contribution is 2.26. The number of amides is 1. The van der Waals surface area contributed by atoms with Crippen molar-refractivity contribution in [3.05, 3.63) is 0 Å². The lowest BCUT2D eigenvalue weighted by Crippen LogP contribution is -2.52. The van der Waals surface area contributed by atoms with Crippen molar-refractivity contribution in [3.8, 4) is 0 Å². The molecule has 4 nitrogen and oxygen atoms in total. The summed E-state index contributed by atoms with van der Waals surface area (Å²) in [7, 11) is 0. The quantitative estimate of drug-likeness (QED) is 0.834. The van der Waals surface area contributed by atoms with E-state index in [1.807, 2.05) is 13.8 Å². The number of hydrogen-bond acceptors (Lipinski definition) is 3. The Morgan fingerprint density at radius 1 is 1.15 bits per heavy atom. The van der Waals surface area contributed by atoms with Crippen LogP contribution in [0, 0.1) is 5.92 Å². The highest BCUT2D eigenvalue weighted by atomic mass is 35.5. The van der Waals surface area contributed by atoms with Gasteiger partial charge >= 0.3 is 0 Å². The van der Waals surface area contributed by atoms with E-state index in [9.17, 15) is 4.79 Å². The number of piperidine rings is 1. The van der Waals surface area contributed by atoms with Crippen molar-refractivity contribution >= 4 is 18.3 Å². The van der Waals surface area contributed by atoms with Crippen molar-refractivity contribution in [2.24, 2.45) is 11.7 Å². The Bertz CT molecular complexity index is 297. The molecule has 0 unspecified atom stereocenters. The smallest absolute Gasteiger partial charge is 0.237 e. The molecule has 1 heterocycles. The van der Waals surface area contributed by atoms with E-state index in [1.165, 1.54) is 25.7 Å². The molecular weight excluding hydrogens is 274 g/mol. The minimum absolute atomic E-state index is 0. The third kappa shape index (κ3) is 4.61. The first-order chi connectivity index (χ1) is 9.08. The Balaban J connectivity index is 0.00000200. The average Bonchev–Trinajstić information content (AvgIpc) is 2.92. The fourth-order valence-electron chi connectivity index (χ4n) is 3.28. The first-order valence-electron chi connectivity index (χ1n) is 7.88. The molecule has 0 bridgehead atoms. The summed E-state index contributed by atoms with van der Waals surface area (Å²) in [6, 6.07) is 0.775. The Morgan fingerprint density at radius 3 is 2.20 bits per heavy atom. The zero-order chi connectivity index (χ0) is 13.8. The normalized spacial score (nSPS) is 23.6. The Labute approximate surface area is 129 Å². The van der Waals surface area contributed by atoms with Crippen molar-refractivity contribution in [3.63, 3.8) is 0 Å². The molecule has 5 heteroatoms. The minimum Gasteiger partial charge on any atom is -0.352 e. The SMILES string of the molecule is CC(C)[C@H](N)C(=O)NC1CCN(C2CCCC2)CC1.Cl. The molecule has 2 aliphatic rings. The molecule has 0 aromatic carbocycles. The number of rotatable bonds is 4. The fourth-order valence-corrected chi connectivity index (χ4v) is 3.28. The molecule has 0 radical (unpaired) electrons. The van der Waals surface area contributed by atoms with Gasteiger partial charge < -0.3 is 16.0 Å². The standard InChI is InChI=1S/C15H29N3O.ClH/c1-11(2)14(16)15(19)17-12-7-9-18(10-8-12)13-5-3-4-6-13;/h11-14H,3-10,16H2,1-2H3,(H,17,19);1H/t14-;/m0./s1. The maximum atomic E-state index is 11.9. The summed E-state index contributed by atoms with van der Waals surface area (Å²) in [5.74, 6) is 0.230. The first-order valence-corrected chi connectivity index (χ1v) is 7.88. The molecule has 1 saturated carbocycles. The molecule has 0 aromatic rings. The summed E-state index contributed by atoms with van der Waals surface area (Å²) in [6.07, 6.45) is 7.68. The Kier molecular flexibility index (Phi) is 7.27. The van der Waals surface area contributed by atoms with Crippen molar-refractivity contribution in [1.29, 1.82) is 0 Å². The van der Waals surface area contributed by atoms with Gasteiger partial charge in [-0.25, -0.2) is 0 Å². The Morgan fingerprint density at radius 2 is 1.70 bits per heavy atom. The van der Waals surface area contributed by atoms with Gasteiger partial charge in [-0.15, -0.1) is 12.4 Å². The van der Waals surface area contributed by atoms with E-state index in [4.69, 9.17) is 5.73 Å². The topological polar surface area (TPSA) is 58.4 Å². The number of halogens is 1. The molecule has 1 saturated heterocycles. The zero-order valence-corrected chi connectivity index (χ0v) is 13.6. The number of nitrogens with one attached hydrogen (secondary N) is 1. The molecule has 2 fully saturated rings. The first kappa shape index (κ1) is 17.7. The van der Waals surface area contributed by atoms with E-state index < -0.39 is 0 Å². The number of nitrogens with zero attached hydrogens (tertiary/aromatic N) is 1. The van der Waals surface area contributed by atoms with Crippen LogP contribution >= 0.6 is 12.4 Å². The van der Waals surface area contributed by atoms with Gasteiger partial charge in [0, 0.05) is 25.2 Å². The van der Waals surface area contributed by atoms with Gasteiger partial charge in [0.2, 0.25) is 5.91 Å². The number of carbonyl (C=O) groups excluding carboxylic acids is 1. The Hall–Kier alpha value is -0.320. The van der Waals surface area contributed by atoms with Gasteiger partial charge in [-0.2, -0.15) is 0 Å². The summed E-state index contributed by atoms with van der Waals surface area (Å²) in [4.78, 5) is 14.6. The van der Waals surface area contributed by atoms with Crippen molar-refractivity contribution < 1.29 is 4.79 Å². The van der Waals surface area contributed by atoms with Crippen molar-refractivity contribution in [2.45, 2.75) is 70.5 Å². The molecule has 1 aliphatic carbocycles. The van der Waals surface area contributed by atoms with E-state index in [-0.39, 0.29) is 30.3 Å². The lowest BCUT2D eigenvalue weighted by Gasteiger charge is -2.36. The molecule has 0 aromatic heterocycles. The van der Waals surface area contributed by atoms with Gasteiger partial charge in [-0.1, -0.05) is 26.7 Å². The minimum atomic E-state index is -0.368. The summed E-state index contributed by atoms with van der Waals surface area (Å²) < 4.78 is 0. The van der Waals surface area contributed by atoms with Crippen LogP contribution in [0.4, 0.5) is 0 Å². The van der Waals surface area contributed by atoms with Crippen LogP contribution in [0.25, 0.3) is 0 Å². The fraction of sp³-hybridized carbons (Fsp3) is 0.933. The summed E-state index contributed by atoms with van der Waals surface area (Å²) in [6.45, 7) is 6.25. The second kappa shape index (κ2) is 8.20. The maximum absolute atomic E-state index is 11.9. The molecule has 1 atom stereocenters. The third-order valence-electron chi connectivity index (χ3n) is 4.74. The molecule has 118 valence electrons. The number of likely N-dealkylation sites (tertiary alicyclic amines) is 1. The number of carbonyl (C=O) groups is 1. The van der Waals surface area contributed by atoms with E-state index in [2.05, 4.69) is 10.2 Å². The molecule has 2 rings (SSSR count). The van der Waals surface area contributed by atoms with Crippen LogP contribution in [-0.2, 0) is 4.79 Å². The largest absolute Gasteiger partial charge is 0.352 e. The van der Waals surface area contributed by atoms with E-state index in [0.29, 0.717) is 6.04 Å². The summed E-state index contributed by atoms with van der Waals surface area (Å²) in [5.41, 5.74) is 5.88. The number of nitrogens with two attached hydrogens (primary N) is 1. The van der Waals surface area contributed by atoms with Crippen LogP contribution in [0.1, 0.15) is 52.4 Å². The molecule has 0 spiro atoms. The molecule has 1 aliphatic heterocycles. The molecule has 1 amide bonds. The van der Waals surface area contributed by atoms with Crippen LogP contribution in [0.2, 0.25) is 0 Å². The molecule has 3 N–H and O–H groups in total. The third-order valence-corrected chi connectivity index (χ3v) is 4.74. The van der Waals surface area contributed by atoms with E-state index in [1.54, 1.807) is 0 Å². The highest BCUT2D eigenvalue weighted by molar-refractivity contribution is 5.85. The summed E-state index contributed by atoms with van der Waals surface area (Å²) in [5, 5.41) is 3.12. The van der Waals surface area contributed by atoms with Gasteiger partial charge in [0.15, 0.2) is 0 Å². The molecule has 20 heavy (non-hydrogen) atoms. The van der Waals surface area contributed by atoms with Crippen LogP contribution in [-0.4, -0.2) is 42.0 Å². The van der Waals surface area contributed by atoms with Crippen molar-refractivity contribution in [2.75, 3.05) is 13.1 Å². The second-order valence-corrected chi connectivity index (χ2v) is 6.53. The predicted octanol–water partition coefficient (Wildman–Crippen LogP) is 1.91. The highest BCUT2D eigenvalue weighted by Gasteiger charge is 2.28. The van der Waals surface area contributed by atoms with Crippen LogP contribution < -0.4 is 11.1 Å². The van der Waals surface area contributed by atoms with Gasteiger partial charge in [-0.3, -0.25) is 4.79 Å². The van der Waals surface area contributed by atoms with E-state index >= 15 is 0 Å². The average molecular weight is 304 g/mol. The van der Waals surface area contributed by atoms with Gasteiger partial charge in [0.05, 0.1) is 6.04 Å². The van der Waals surface area contributed by atoms with Gasteiger partial charge in [0.1, 0.15) is 0 Å². The predicted molar refractivity (Wildman–Crippen MR) is 85.1 cm³/mol. The van der Waals surface area contributed by atoms with Crippen LogP contribution in [0.15, 0.2) is 0 Å². The lowest BCUT2D eigenvalue weighted by atomic mass is 10.00. The van der Waals surface area contributed by atoms with Gasteiger partial charge in [-0.05, 0) is 31.6 Å². The monoisotopic (exact) mass is 303 g/mol.